The molecule has 4 nitrogen and oxygen atoms in total. The summed E-state index contributed by atoms with van der Waals surface area (Å²) in [4.78, 5) is 3.96. The number of nitrogens with zero attached hydrogens (tertiary/aromatic N) is 4. The molecule has 2 heterocycles. The highest BCUT2D eigenvalue weighted by Crippen LogP contribution is 2.28. The van der Waals surface area contributed by atoms with Gasteiger partial charge in [-0.15, -0.1) is 10.2 Å². The second-order valence-electron chi connectivity index (χ2n) is 3.59. The standard InChI is InChI=1S/C11H5BrClFN4/c12-8-2-1-6(14)3-7(8)11-17-16-10-4-9(13)15-5-18(10)11/h1-5H. The van der Waals surface area contributed by atoms with Gasteiger partial charge in [0.25, 0.3) is 0 Å². The first-order valence-corrected chi connectivity index (χ1v) is 6.14. The third-order valence-corrected chi connectivity index (χ3v) is 3.33. The quantitative estimate of drug-likeness (QED) is 0.644. The van der Waals surface area contributed by atoms with Crippen LogP contribution in [-0.2, 0) is 0 Å². The maximum absolute atomic E-state index is 13.3. The van der Waals surface area contributed by atoms with Crippen LogP contribution >= 0.6 is 27.5 Å². The zero-order valence-corrected chi connectivity index (χ0v) is 11.2. The van der Waals surface area contributed by atoms with Crippen LogP contribution in [0.1, 0.15) is 0 Å². The van der Waals surface area contributed by atoms with E-state index in [9.17, 15) is 4.39 Å². The van der Waals surface area contributed by atoms with Crippen LogP contribution in [-0.4, -0.2) is 19.6 Å². The van der Waals surface area contributed by atoms with Crippen LogP contribution in [0.5, 0.6) is 0 Å². The molecular weight excluding hydrogens is 323 g/mol. The normalized spacial score (nSPS) is 11.1. The second-order valence-corrected chi connectivity index (χ2v) is 4.83. The average molecular weight is 328 g/mol. The van der Waals surface area contributed by atoms with E-state index in [0.29, 0.717) is 22.2 Å². The van der Waals surface area contributed by atoms with Crippen LogP contribution in [0.3, 0.4) is 0 Å². The van der Waals surface area contributed by atoms with E-state index in [0.717, 1.165) is 4.47 Å². The summed E-state index contributed by atoms with van der Waals surface area (Å²) in [6, 6.07) is 5.96. The highest BCUT2D eigenvalue weighted by Gasteiger charge is 2.12. The lowest BCUT2D eigenvalue weighted by Gasteiger charge is -2.02. The Bertz CT molecular complexity index is 743. The summed E-state index contributed by atoms with van der Waals surface area (Å²) in [5.41, 5.74) is 1.16. The number of halogens is 3. The highest BCUT2D eigenvalue weighted by molar-refractivity contribution is 9.10. The molecule has 90 valence electrons. The summed E-state index contributed by atoms with van der Waals surface area (Å²) >= 11 is 9.13. The molecule has 7 heteroatoms. The van der Waals surface area contributed by atoms with Gasteiger partial charge in [0.15, 0.2) is 11.5 Å². The van der Waals surface area contributed by atoms with Crippen molar-refractivity contribution in [2.45, 2.75) is 0 Å². The van der Waals surface area contributed by atoms with Gasteiger partial charge in [0.05, 0.1) is 0 Å². The van der Waals surface area contributed by atoms with Gasteiger partial charge in [0, 0.05) is 16.1 Å². The molecular formula is C11H5BrClFN4. The minimum atomic E-state index is -0.341. The molecule has 0 spiro atoms. The highest BCUT2D eigenvalue weighted by atomic mass is 79.9. The Labute approximate surface area is 115 Å². The molecule has 0 atom stereocenters. The fraction of sp³-hybridized carbons (Fsp3) is 0. The number of rotatable bonds is 1. The summed E-state index contributed by atoms with van der Waals surface area (Å²) in [6.45, 7) is 0. The first kappa shape index (κ1) is 11.6. The smallest absolute Gasteiger partial charge is 0.170 e. The molecule has 0 saturated carbocycles. The number of benzene rings is 1. The molecule has 3 aromatic rings. The molecule has 0 saturated heterocycles. The summed E-state index contributed by atoms with van der Waals surface area (Å²) in [7, 11) is 0. The van der Waals surface area contributed by atoms with Crippen LogP contribution in [0.25, 0.3) is 17.0 Å². The van der Waals surface area contributed by atoms with Gasteiger partial charge in [-0.1, -0.05) is 27.5 Å². The van der Waals surface area contributed by atoms with E-state index in [-0.39, 0.29) is 5.82 Å². The van der Waals surface area contributed by atoms with E-state index in [1.807, 2.05) is 0 Å². The second kappa shape index (κ2) is 4.29. The van der Waals surface area contributed by atoms with Crippen molar-refractivity contribution >= 4 is 33.2 Å². The van der Waals surface area contributed by atoms with Gasteiger partial charge in [-0.2, -0.15) is 0 Å². The molecule has 3 rings (SSSR count). The van der Waals surface area contributed by atoms with Crippen LogP contribution in [0, 0.1) is 5.82 Å². The van der Waals surface area contributed by atoms with Crippen molar-refractivity contribution in [3.8, 4) is 11.4 Å². The first-order valence-electron chi connectivity index (χ1n) is 4.97. The first-order chi connectivity index (χ1) is 8.65. The lowest BCUT2D eigenvalue weighted by molar-refractivity contribution is 0.628. The molecule has 0 unspecified atom stereocenters. The molecule has 0 N–H and O–H groups in total. The maximum Gasteiger partial charge on any atom is 0.170 e. The van der Waals surface area contributed by atoms with E-state index < -0.39 is 0 Å². The van der Waals surface area contributed by atoms with Crippen LogP contribution in [0.2, 0.25) is 5.15 Å². The molecule has 0 bridgehead atoms. The van der Waals surface area contributed by atoms with Crippen molar-refractivity contribution in [2.75, 3.05) is 0 Å². The molecule has 0 amide bonds. The van der Waals surface area contributed by atoms with Gasteiger partial charge in [-0.25, -0.2) is 9.37 Å². The molecule has 1 aromatic carbocycles. The average Bonchev–Trinajstić information content (AvgIpc) is 2.75. The van der Waals surface area contributed by atoms with Crippen molar-refractivity contribution in [1.29, 1.82) is 0 Å². The summed E-state index contributed by atoms with van der Waals surface area (Å²) in [6.07, 6.45) is 1.50. The third-order valence-electron chi connectivity index (χ3n) is 2.44. The summed E-state index contributed by atoms with van der Waals surface area (Å²) in [5.74, 6) is 0.160. The van der Waals surface area contributed by atoms with E-state index in [1.54, 1.807) is 16.5 Å². The summed E-state index contributed by atoms with van der Waals surface area (Å²) < 4.78 is 15.7. The minimum absolute atomic E-state index is 0.333. The Kier molecular flexibility index (Phi) is 2.76. The molecule has 0 aliphatic rings. The molecule has 0 fully saturated rings. The largest absolute Gasteiger partial charge is 0.265 e. The van der Waals surface area contributed by atoms with Crippen LogP contribution < -0.4 is 0 Å². The van der Waals surface area contributed by atoms with E-state index in [1.165, 1.54) is 18.5 Å². The van der Waals surface area contributed by atoms with Crippen molar-refractivity contribution in [1.82, 2.24) is 19.6 Å². The Morgan fingerprint density at radius 2 is 2.06 bits per heavy atom. The Morgan fingerprint density at radius 3 is 2.89 bits per heavy atom. The van der Waals surface area contributed by atoms with Crippen molar-refractivity contribution in [2.24, 2.45) is 0 Å². The molecule has 0 aliphatic heterocycles. The van der Waals surface area contributed by atoms with Gasteiger partial charge >= 0.3 is 0 Å². The SMILES string of the molecule is Fc1ccc(Br)c(-c2nnc3cc(Cl)ncn23)c1. The van der Waals surface area contributed by atoms with Crippen molar-refractivity contribution in [3.63, 3.8) is 0 Å². The zero-order chi connectivity index (χ0) is 12.7. The van der Waals surface area contributed by atoms with Gasteiger partial charge < -0.3 is 0 Å². The number of hydrogen-bond donors (Lipinski definition) is 0. The fourth-order valence-corrected chi connectivity index (χ4v) is 2.19. The van der Waals surface area contributed by atoms with Crippen molar-refractivity contribution in [3.05, 3.63) is 46.0 Å². The molecule has 0 aliphatic carbocycles. The van der Waals surface area contributed by atoms with E-state index >= 15 is 0 Å². The Balaban J connectivity index is 2.28. The number of aromatic nitrogens is 4. The monoisotopic (exact) mass is 326 g/mol. The van der Waals surface area contributed by atoms with Crippen molar-refractivity contribution < 1.29 is 4.39 Å². The van der Waals surface area contributed by atoms with Gasteiger partial charge in [-0.05, 0) is 18.2 Å². The number of hydrogen-bond acceptors (Lipinski definition) is 3. The Morgan fingerprint density at radius 1 is 1.22 bits per heavy atom. The topological polar surface area (TPSA) is 43.1 Å². The lowest BCUT2D eigenvalue weighted by atomic mass is 10.2. The third kappa shape index (κ3) is 1.87. The number of fused-ring (bicyclic) bond motifs is 1. The van der Waals surface area contributed by atoms with Gasteiger partial charge in [0.2, 0.25) is 0 Å². The van der Waals surface area contributed by atoms with Gasteiger partial charge in [0.1, 0.15) is 17.3 Å². The molecule has 2 aromatic heterocycles. The summed E-state index contributed by atoms with van der Waals surface area (Å²) in [5, 5.41) is 8.33. The van der Waals surface area contributed by atoms with Gasteiger partial charge in [-0.3, -0.25) is 4.40 Å². The molecule has 18 heavy (non-hydrogen) atoms. The predicted molar refractivity (Wildman–Crippen MR) is 68.9 cm³/mol. The van der Waals surface area contributed by atoms with E-state index in [4.69, 9.17) is 11.6 Å². The fourth-order valence-electron chi connectivity index (χ4n) is 1.62. The minimum Gasteiger partial charge on any atom is -0.265 e. The maximum atomic E-state index is 13.3. The van der Waals surface area contributed by atoms with Crippen LogP contribution in [0.15, 0.2) is 35.1 Å². The Hall–Kier alpha value is -1.53. The van der Waals surface area contributed by atoms with Crippen LogP contribution in [0.4, 0.5) is 4.39 Å². The lowest BCUT2D eigenvalue weighted by Crippen LogP contribution is -1.92. The van der Waals surface area contributed by atoms with E-state index in [2.05, 4.69) is 31.1 Å². The zero-order valence-electron chi connectivity index (χ0n) is 8.81. The predicted octanol–water partition coefficient (Wildman–Crippen LogP) is 3.35. The molecule has 0 radical (unpaired) electrons.